The molecule has 7 heteroatoms. The number of hydrogen-bond acceptors (Lipinski definition) is 7. The topological polar surface area (TPSA) is 64.1 Å². The molecule has 112 valence electrons. The molecule has 5 nitrogen and oxygen atoms in total. The minimum Gasteiger partial charge on any atom is -0.468 e. The summed E-state index contributed by atoms with van der Waals surface area (Å²) in [5.41, 5.74) is 1.19. The van der Waals surface area contributed by atoms with Crippen LogP contribution in [0.2, 0.25) is 0 Å². The first-order valence-electron chi connectivity index (χ1n) is 6.84. The van der Waals surface area contributed by atoms with Crippen LogP contribution in [0.15, 0.2) is 9.85 Å². The third kappa shape index (κ3) is 3.71. The smallest absolute Gasteiger partial charge is 0.326 e. The van der Waals surface area contributed by atoms with Crippen molar-refractivity contribution in [3.63, 3.8) is 0 Å². The average Bonchev–Trinajstić information content (AvgIpc) is 2.90. The Labute approximate surface area is 127 Å². The summed E-state index contributed by atoms with van der Waals surface area (Å²) in [6, 6.07) is 0.249. The number of aromatic nitrogens is 2. The van der Waals surface area contributed by atoms with E-state index >= 15 is 0 Å². The molecule has 2 atom stereocenters. The van der Waals surface area contributed by atoms with E-state index in [0.29, 0.717) is 5.25 Å². The highest BCUT2D eigenvalue weighted by Crippen LogP contribution is 2.39. The van der Waals surface area contributed by atoms with Gasteiger partial charge in [-0.2, -0.15) is 0 Å². The summed E-state index contributed by atoms with van der Waals surface area (Å²) in [5.74, 6) is -0.145. The van der Waals surface area contributed by atoms with E-state index in [0.717, 1.165) is 30.0 Å². The summed E-state index contributed by atoms with van der Waals surface area (Å²) in [5, 5.41) is 11.8. The summed E-state index contributed by atoms with van der Waals surface area (Å²) in [6.45, 7) is 4.12. The number of thioether (sulfide) groups is 1. The molecule has 0 saturated heterocycles. The first-order chi connectivity index (χ1) is 9.55. The third-order valence-electron chi connectivity index (χ3n) is 3.45. The Balaban J connectivity index is 2.09. The number of carbonyl (C=O) groups excluding carboxylic acids is 1. The fourth-order valence-corrected chi connectivity index (χ4v) is 4.88. The molecule has 1 heterocycles. The standard InChI is InChI=1S/C13H21N3O2S2/c1-9(2)15-13(11(17)18-3)6-4-5-10(7-13)20-12-16-14-8-19-12/h8-10,15H,4-7H2,1-3H3. The van der Waals surface area contributed by atoms with Crippen molar-refractivity contribution >= 4 is 29.1 Å². The maximum absolute atomic E-state index is 12.3. The highest BCUT2D eigenvalue weighted by Gasteiger charge is 2.44. The number of nitrogens with zero attached hydrogens (tertiary/aromatic N) is 2. The van der Waals surface area contributed by atoms with Crippen molar-refractivity contribution in [2.24, 2.45) is 0 Å². The van der Waals surface area contributed by atoms with Crippen LogP contribution in [-0.2, 0) is 9.53 Å². The molecular formula is C13H21N3O2S2. The molecule has 1 saturated carbocycles. The molecular weight excluding hydrogens is 294 g/mol. The molecule has 2 rings (SSSR count). The number of rotatable bonds is 5. The maximum Gasteiger partial charge on any atom is 0.326 e. The first-order valence-corrected chi connectivity index (χ1v) is 8.60. The van der Waals surface area contributed by atoms with Crippen molar-refractivity contribution < 1.29 is 9.53 Å². The number of esters is 1. The lowest BCUT2D eigenvalue weighted by atomic mass is 9.81. The lowest BCUT2D eigenvalue weighted by Gasteiger charge is -2.40. The van der Waals surface area contributed by atoms with E-state index < -0.39 is 5.54 Å². The lowest BCUT2D eigenvalue weighted by molar-refractivity contribution is -0.150. The van der Waals surface area contributed by atoms with E-state index in [4.69, 9.17) is 4.74 Å². The summed E-state index contributed by atoms with van der Waals surface area (Å²) in [4.78, 5) is 12.3. The molecule has 1 aliphatic rings. The Morgan fingerprint density at radius 2 is 2.45 bits per heavy atom. The van der Waals surface area contributed by atoms with Crippen LogP contribution in [0.5, 0.6) is 0 Å². The molecule has 1 fully saturated rings. The molecule has 0 bridgehead atoms. The predicted molar refractivity (Wildman–Crippen MR) is 81.0 cm³/mol. The fourth-order valence-electron chi connectivity index (χ4n) is 2.81. The van der Waals surface area contributed by atoms with Gasteiger partial charge in [-0.25, -0.2) is 0 Å². The van der Waals surface area contributed by atoms with Crippen molar-refractivity contribution in [1.29, 1.82) is 0 Å². The molecule has 0 radical (unpaired) electrons. The lowest BCUT2D eigenvalue weighted by Crippen LogP contribution is -2.58. The number of nitrogens with one attached hydrogen (secondary N) is 1. The zero-order chi connectivity index (χ0) is 14.6. The Kier molecular flexibility index (Phi) is 5.40. The van der Waals surface area contributed by atoms with Gasteiger partial charge < -0.3 is 4.74 Å². The van der Waals surface area contributed by atoms with Crippen LogP contribution in [0.4, 0.5) is 0 Å². The van der Waals surface area contributed by atoms with Gasteiger partial charge in [-0.3, -0.25) is 10.1 Å². The SMILES string of the molecule is COC(=O)C1(NC(C)C)CCCC(Sc2nncs2)C1. The second-order valence-corrected chi connectivity index (χ2v) is 7.79. The van der Waals surface area contributed by atoms with Crippen LogP contribution in [-0.4, -0.2) is 40.1 Å². The van der Waals surface area contributed by atoms with Crippen LogP contribution < -0.4 is 5.32 Å². The van der Waals surface area contributed by atoms with Gasteiger partial charge in [-0.15, -0.1) is 10.2 Å². The molecule has 1 aromatic rings. The van der Waals surface area contributed by atoms with Gasteiger partial charge in [0.1, 0.15) is 11.0 Å². The largest absolute Gasteiger partial charge is 0.468 e. The molecule has 0 amide bonds. The van der Waals surface area contributed by atoms with Crippen molar-refractivity contribution in [3.8, 4) is 0 Å². The molecule has 20 heavy (non-hydrogen) atoms. The van der Waals surface area contributed by atoms with Gasteiger partial charge in [0.05, 0.1) is 7.11 Å². The van der Waals surface area contributed by atoms with Gasteiger partial charge in [0.2, 0.25) is 0 Å². The first kappa shape index (κ1) is 15.7. The summed E-state index contributed by atoms with van der Waals surface area (Å²) < 4.78 is 6.01. The maximum atomic E-state index is 12.3. The Morgan fingerprint density at radius 3 is 3.05 bits per heavy atom. The molecule has 1 aliphatic carbocycles. The van der Waals surface area contributed by atoms with Crippen molar-refractivity contribution in [2.75, 3.05) is 7.11 Å². The number of carbonyl (C=O) groups is 1. The normalized spacial score (nSPS) is 26.7. The van der Waals surface area contributed by atoms with Crippen LogP contribution in [0.3, 0.4) is 0 Å². The van der Waals surface area contributed by atoms with Crippen molar-refractivity contribution in [3.05, 3.63) is 5.51 Å². The fraction of sp³-hybridized carbons (Fsp3) is 0.769. The van der Waals surface area contributed by atoms with Crippen LogP contribution in [0.25, 0.3) is 0 Å². The highest BCUT2D eigenvalue weighted by molar-refractivity contribution is 8.01. The number of hydrogen-bond donors (Lipinski definition) is 1. The Morgan fingerprint density at radius 1 is 1.65 bits per heavy atom. The van der Waals surface area contributed by atoms with Crippen LogP contribution in [0, 0.1) is 0 Å². The van der Waals surface area contributed by atoms with Crippen molar-refractivity contribution in [2.45, 2.75) is 60.7 Å². The van der Waals surface area contributed by atoms with Gasteiger partial charge in [-0.1, -0.05) is 23.1 Å². The molecule has 1 aromatic heterocycles. The Bertz CT molecular complexity index is 439. The van der Waals surface area contributed by atoms with Gasteiger partial charge in [-0.05, 0) is 39.5 Å². The second-order valence-electron chi connectivity index (χ2n) is 5.41. The summed E-state index contributed by atoms with van der Waals surface area (Å²) >= 11 is 3.27. The van der Waals surface area contributed by atoms with Gasteiger partial charge >= 0.3 is 5.97 Å². The minimum atomic E-state index is -0.552. The molecule has 0 aromatic carbocycles. The van der Waals surface area contributed by atoms with Crippen LogP contribution in [0.1, 0.15) is 39.5 Å². The molecule has 1 N–H and O–H groups in total. The molecule has 0 aliphatic heterocycles. The third-order valence-corrected chi connectivity index (χ3v) is 5.53. The number of methoxy groups -OCH3 is 1. The van der Waals surface area contributed by atoms with E-state index in [2.05, 4.69) is 29.4 Å². The quantitative estimate of drug-likeness (QED) is 0.842. The van der Waals surface area contributed by atoms with E-state index in [-0.39, 0.29) is 12.0 Å². The van der Waals surface area contributed by atoms with E-state index in [9.17, 15) is 4.79 Å². The van der Waals surface area contributed by atoms with Gasteiger partial charge in [0, 0.05) is 11.3 Å². The highest BCUT2D eigenvalue weighted by atomic mass is 32.2. The Hall–Kier alpha value is -0.660. The van der Waals surface area contributed by atoms with Crippen LogP contribution >= 0.6 is 23.1 Å². The monoisotopic (exact) mass is 315 g/mol. The second kappa shape index (κ2) is 6.87. The van der Waals surface area contributed by atoms with Crippen molar-refractivity contribution in [1.82, 2.24) is 15.5 Å². The molecule has 2 unspecified atom stereocenters. The van der Waals surface area contributed by atoms with E-state index in [1.807, 2.05) is 0 Å². The minimum absolute atomic E-state index is 0.145. The van der Waals surface area contributed by atoms with E-state index in [1.54, 1.807) is 28.6 Å². The van der Waals surface area contributed by atoms with E-state index in [1.165, 1.54) is 7.11 Å². The van der Waals surface area contributed by atoms with Gasteiger partial charge in [0.25, 0.3) is 0 Å². The summed E-state index contributed by atoms with van der Waals surface area (Å²) in [7, 11) is 1.47. The average molecular weight is 315 g/mol. The summed E-state index contributed by atoms with van der Waals surface area (Å²) in [6.07, 6.45) is 3.74. The molecule has 0 spiro atoms. The zero-order valence-electron chi connectivity index (χ0n) is 12.1. The zero-order valence-corrected chi connectivity index (χ0v) is 13.7. The predicted octanol–water partition coefficient (Wildman–Crippen LogP) is 2.48. The number of ether oxygens (including phenoxy) is 1. The van der Waals surface area contributed by atoms with Gasteiger partial charge in [0.15, 0.2) is 4.34 Å².